The van der Waals surface area contributed by atoms with Crippen LogP contribution in [0.15, 0.2) is 11.3 Å². The van der Waals surface area contributed by atoms with E-state index in [1.807, 2.05) is 0 Å². The molecule has 2 aliphatic rings. The van der Waals surface area contributed by atoms with Crippen LogP contribution in [-0.2, 0) is 22.7 Å². The van der Waals surface area contributed by atoms with Gasteiger partial charge in [-0.3, -0.25) is 14.4 Å². The summed E-state index contributed by atoms with van der Waals surface area (Å²) in [5, 5.41) is 3.80. The maximum atomic E-state index is 12.3. The van der Waals surface area contributed by atoms with Crippen molar-refractivity contribution in [2.75, 3.05) is 6.54 Å². The summed E-state index contributed by atoms with van der Waals surface area (Å²) in [6.45, 7) is 1.19. The lowest BCUT2D eigenvalue weighted by Gasteiger charge is -2.29. The number of primary amides is 1. The molecule has 3 rings (SSSR count). The first-order valence-corrected chi connectivity index (χ1v) is 6.55. The predicted octanol–water partition coefficient (Wildman–Crippen LogP) is -1.41. The number of hydrogen-bond acceptors (Lipinski definition) is 5. The van der Waals surface area contributed by atoms with Crippen LogP contribution in [0, 0.1) is 0 Å². The molecule has 1 aromatic rings. The molecule has 0 unspecified atom stereocenters. The second-order valence-electron chi connectivity index (χ2n) is 4.90. The third kappa shape index (κ3) is 2.37. The highest BCUT2D eigenvalue weighted by atomic mass is 16.2. The average Bonchev–Trinajstić information content (AvgIpc) is 2.90. The van der Waals surface area contributed by atoms with E-state index in [0.29, 0.717) is 43.3 Å². The van der Waals surface area contributed by atoms with Crippen molar-refractivity contribution in [2.24, 2.45) is 10.8 Å². The number of nitrogens with one attached hydrogen (secondary N) is 1. The van der Waals surface area contributed by atoms with Crippen molar-refractivity contribution in [2.45, 2.75) is 25.9 Å². The topological polar surface area (TPSA) is 123 Å². The molecule has 110 valence electrons. The number of amides is 3. The highest BCUT2D eigenvalue weighted by Gasteiger charge is 2.28. The molecule has 1 aromatic heterocycles. The Labute approximate surface area is 119 Å². The Hall–Kier alpha value is -2.71. The molecule has 0 spiro atoms. The summed E-state index contributed by atoms with van der Waals surface area (Å²) in [5.41, 5.74) is 8.26. The lowest BCUT2D eigenvalue weighted by molar-refractivity contribution is -0.126. The fraction of sp³-hybridized carbons (Fsp3) is 0.417. The Balaban J connectivity index is 1.76. The van der Waals surface area contributed by atoms with Gasteiger partial charge in [0.05, 0.1) is 12.7 Å². The molecule has 0 bridgehead atoms. The minimum atomic E-state index is -0.534. The van der Waals surface area contributed by atoms with Crippen LogP contribution in [0.3, 0.4) is 0 Å². The number of nitrogens with zero attached hydrogens (tertiary/aromatic N) is 4. The first-order chi connectivity index (χ1) is 10.1. The molecule has 0 saturated heterocycles. The number of imidazole rings is 1. The molecule has 0 saturated carbocycles. The maximum Gasteiger partial charge on any atom is 0.270 e. The van der Waals surface area contributed by atoms with Gasteiger partial charge in [-0.2, -0.15) is 5.10 Å². The van der Waals surface area contributed by atoms with Gasteiger partial charge in [0, 0.05) is 25.9 Å². The van der Waals surface area contributed by atoms with E-state index in [-0.39, 0.29) is 18.2 Å². The summed E-state index contributed by atoms with van der Waals surface area (Å²) in [4.78, 5) is 40.3. The van der Waals surface area contributed by atoms with Crippen molar-refractivity contribution < 1.29 is 14.4 Å². The van der Waals surface area contributed by atoms with Crippen LogP contribution in [0.4, 0.5) is 0 Å². The van der Waals surface area contributed by atoms with Crippen molar-refractivity contribution in [1.29, 1.82) is 0 Å². The molecule has 0 fully saturated rings. The molecule has 9 nitrogen and oxygen atoms in total. The number of hydrazone groups is 1. The number of carbonyl (C=O) groups excluding carboxylic acids is 3. The fourth-order valence-electron chi connectivity index (χ4n) is 2.44. The summed E-state index contributed by atoms with van der Waals surface area (Å²) in [7, 11) is 0. The van der Waals surface area contributed by atoms with E-state index in [9.17, 15) is 14.4 Å². The second-order valence-corrected chi connectivity index (χ2v) is 4.90. The minimum Gasteiger partial charge on any atom is -0.364 e. The fourth-order valence-corrected chi connectivity index (χ4v) is 2.44. The molecular weight excluding hydrogens is 276 g/mol. The average molecular weight is 290 g/mol. The molecule has 21 heavy (non-hydrogen) atoms. The summed E-state index contributed by atoms with van der Waals surface area (Å²) in [6.07, 6.45) is 2.02. The van der Waals surface area contributed by atoms with Gasteiger partial charge in [-0.25, -0.2) is 10.4 Å². The van der Waals surface area contributed by atoms with E-state index >= 15 is 0 Å². The second kappa shape index (κ2) is 5.00. The molecule has 3 N–H and O–H groups in total. The summed E-state index contributed by atoms with van der Waals surface area (Å²) >= 11 is 0. The smallest absolute Gasteiger partial charge is 0.270 e. The Morgan fingerprint density at radius 2 is 2.10 bits per heavy atom. The van der Waals surface area contributed by atoms with Crippen molar-refractivity contribution in [3.63, 3.8) is 0 Å². The highest BCUT2D eigenvalue weighted by molar-refractivity contribution is 6.39. The number of aromatic nitrogens is 2. The zero-order chi connectivity index (χ0) is 15.0. The zero-order valence-electron chi connectivity index (χ0n) is 11.2. The van der Waals surface area contributed by atoms with Gasteiger partial charge in [0.2, 0.25) is 5.91 Å². The number of rotatable bonds is 2. The normalized spacial score (nSPS) is 17.8. The van der Waals surface area contributed by atoms with Crippen LogP contribution in [0.2, 0.25) is 0 Å². The Morgan fingerprint density at radius 1 is 1.29 bits per heavy atom. The first kappa shape index (κ1) is 13.3. The molecule has 3 heterocycles. The molecule has 0 radical (unpaired) electrons. The van der Waals surface area contributed by atoms with Crippen LogP contribution in [0.25, 0.3) is 0 Å². The third-order valence-electron chi connectivity index (χ3n) is 3.55. The molecule has 0 aromatic carbocycles. The van der Waals surface area contributed by atoms with E-state index < -0.39 is 5.91 Å². The number of hydrogen-bond donors (Lipinski definition) is 2. The molecular formula is C12H14N6O3. The first-order valence-electron chi connectivity index (χ1n) is 6.55. The molecule has 0 aliphatic carbocycles. The largest absolute Gasteiger partial charge is 0.364 e. The van der Waals surface area contributed by atoms with Crippen LogP contribution in [0.5, 0.6) is 0 Å². The van der Waals surface area contributed by atoms with Crippen molar-refractivity contribution in [1.82, 2.24) is 19.9 Å². The molecule has 2 aliphatic heterocycles. The van der Waals surface area contributed by atoms with Gasteiger partial charge in [0.15, 0.2) is 0 Å². The lowest BCUT2D eigenvalue weighted by atomic mass is 10.1. The zero-order valence-corrected chi connectivity index (χ0v) is 11.2. The monoisotopic (exact) mass is 290 g/mol. The van der Waals surface area contributed by atoms with E-state index in [1.54, 1.807) is 9.47 Å². The van der Waals surface area contributed by atoms with Gasteiger partial charge < -0.3 is 15.2 Å². The van der Waals surface area contributed by atoms with Crippen LogP contribution >= 0.6 is 0 Å². The Morgan fingerprint density at radius 3 is 2.76 bits per heavy atom. The van der Waals surface area contributed by atoms with Gasteiger partial charge in [0.1, 0.15) is 17.2 Å². The highest BCUT2D eigenvalue weighted by Crippen LogP contribution is 2.15. The molecule has 3 amide bonds. The van der Waals surface area contributed by atoms with Crippen LogP contribution in [-0.4, -0.2) is 44.4 Å². The maximum absolute atomic E-state index is 12.3. The number of fused-ring (bicyclic) bond motifs is 1. The summed E-state index contributed by atoms with van der Waals surface area (Å²) in [6, 6.07) is 0. The molecule has 9 heteroatoms. The van der Waals surface area contributed by atoms with Gasteiger partial charge in [-0.05, 0) is 0 Å². The lowest BCUT2D eigenvalue weighted by Crippen LogP contribution is -2.44. The van der Waals surface area contributed by atoms with Crippen LogP contribution < -0.4 is 11.2 Å². The van der Waals surface area contributed by atoms with E-state index in [2.05, 4.69) is 15.5 Å². The van der Waals surface area contributed by atoms with Crippen molar-refractivity contribution >= 4 is 23.4 Å². The standard InChI is InChI=1S/C12H14N6O3/c13-11(20)8-5-14-9-6-17(3-4-18(8)9)12(21)7-1-2-10(19)16-15-7/h5H,1-4,6H2,(H2,13,20)(H,16,19). The summed E-state index contributed by atoms with van der Waals surface area (Å²) < 4.78 is 1.72. The minimum absolute atomic E-state index is 0.188. The van der Waals surface area contributed by atoms with Gasteiger partial charge in [0.25, 0.3) is 11.8 Å². The van der Waals surface area contributed by atoms with Gasteiger partial charge in [-0.15, -0.1) is 0 Å². The number of nitrogens with two attached hydrogens (primary N) is 1. The predicted molar refractivity (Wildman–Crippen MR) is 71.0 cm³/mol. The van der Waals surface area contributed by atoms with Gasteiger partial charge >= 0.3 is 0 Å². The van der Waals surface area contributed by atoms with Crippen LogP contribution in [0.1, 0.15) is 29.2 Å². The SMILES string of the molecule is NC(=O)c1cnc2n1CCN(C(=O)C1=NNC(=O)CC1)C2. The Bertz CT molecular complexity index is 662. The van der Waals surface area contributed by atoms with Crippen molar-refractivity contribution in [3.8, 4) is 0 Å². The Kier molecular flexibility index (Phi) is 3.16. The number of carbonyl (C=O) groups is 3. The third-order valence-corrected chi connectivity index (χ3v) is 3.55. The van der Waals surface area contributed by atoms with E-state index in [1.165, 1.54) is 6.20 Å². The van der Waals surface area contributed by atoms with Crippen molar-refractivity contribution in [3.05, 3.63) is 17.7 Å². The summed E-state index contributed by atoms with van der Waals surface area (Å²) in [5.74, 6) is -0.326. The van der Waals surface area contributed by atoms with Gasteiger partial charge in [-0.1, -0.05) is 0 Å². The quantitative estimate of drug-likeness (QED) is 0.694. The van der Waals surface area contributed by atoms with E-state index in [4.69, 9.17) is 5.73 Å². The molecule has 0 atom stereocenters. The van der Waals surface area contributed by atoms with E-state index in [0.717, 1.165) is 0 Å².